The highest BCUT2D eigenvalue weighted by Crippen LogP contribution is 2.45. The van der Waals surface area contributed by atoms with E-state index in [1.807, 2.05) is 0 Å². The smallest absolute Gasteiger partial charge is 0.339 e. The van der Waals surface area contributed by atoms with E-state index in [0.717, 1.165) is 49.7 Å². The molecule has 230 valence electrons. The van der Waals surface area contributed by atoms with Crippen LogP contribution in [0.25, 0.3) is 0 Å². The lowest BCUT2D eigenvalue weighted by molar-refractivity contribution is 0.0552. The molecule has 0 aliphatic heterocycles. The third-order valence-electron chi connectivity index (χ3n) is 9.17. The van der Waals surface area contributed by atoms with Crippen molar-refractivity contribution in [3.63, 3.8) is 0 Å². The molecule has 0 bridgehead atoms. The topological polar surface area (TPSA) is 52.6 Å². The molecule has 0 spiro atoms. The molecular weight excluding hydrogens is 520 g/mol. The largest absolute Gasteiger partial charge is 0.465 e. The zero-order valence-corrected chi connectivity index (χ0v) is 28.0. The van der Waals surface area contributed by atoms with Gasteiger partial charge in [-0.3, -0.25) is 0 Å². The summed E-state index contributed by atoms with van der Waals surface area (Å²) in [6, 6.07) is 0. The summed E-state index contributed by atoms with van der Waals surface area (Å²) in [4.78, 5) is 27.2. The van der Waals surface area contributed by atoms with Crippen LogP contribution < -0.4 is 0 Å². The highest BCUT2D eigenvalue weighted by molar-refractivity contribution is 6.06. The van der Waals surface area contributed by atoms with Gasteiger partial charge in [-0.05, 0) is 144 Å². The summed E-state index contributed by atoms with van der Waals surface area (Å²) in [7, 11) is 2.84. The normalized spacial score (nSPS) is 14.3. The van der Waals surface area contributed by atoms with Gasteiger partial charge in [0.25, 0.3) is 0 Å². The monoisotopic (exact) mass is 574 g/mol. The molecule has 2 aliphatic carbocycles. The average Bonchev–Trinajstić information content (AvgIpc) is 2.93. The first kappa shape index (κ1) is 32.3. The number of ether oxygens (including phenoxy) is 2. The molecule has 0 atom stereocenters. The number of hydrogen-bond donors (Lipinski definition) is 0. The molecule has 0 unspecified atom stereocenters. The van der Waals surface area contributed by atoms with Gasteiger partial charge in [-0.25, -0.2) is 9.59 Å². The van der Waals surface area contributed by atoms with E-state index in [1.54, 1.807) is 22.3 Å². The van der Waals surface area contributed by atoms with Crippen molar-refractivity contribution in [1.82, 2.24) is 0 Å². The first-order valence-corrected chi connectivity index (χ1v) is 16.4. The van der Waals surface area contributed by atoms with Gasteiger partial charge in [-0.15, -0.1) is 0 Å². The Bertz CT molecular complexity index is 1240. The maximum atomic E-state index is 13.6. The first-order valence-electron chi connectivity index (χ1n) is 16.4. The van der Waals surface area contributed by atoms with Crippen LogP contribution in [0.15, 0.2) is 0 Å². The number of carbonyl (C=O) groups is 2. The summed E-state index contributed by atoms with van der Waals surface area (Å²) in [5.74, 6) is 0.898. The van der Waals surface area contributed by atoms with Crippen LogP contribution in [-0.2, 0) is 60.8 Å². The van der Waals surface area contributed by atoms with Gasteiger partial charge in [-0.1, -0.05) is 55.4 Å². The maximum absolute atomic E-state index is 13.6. The Morgan fingerprint density at radius 1 is 0.500 bits per heavy atom. The highest BCUT2D eigenvalue weighted by atomic mass is 16.5. The molecule has 0 amide bonds. The molecule has 4 rings (SSSR count). The molecule has 0 heterocycles. The van der Waals surface area contributed by atoms with E-state index in [0.29, 0.717) is 34.8 Å². The second-order valence-corrected chi connectivity index (χ2v) is 14.5. The molecule has 4 heteroatoms. The number of benzene rings is 2. The Kier molecular flexibility index (Phi) is 10.3. The number of esters is 2. The highest BCUT2D eigenvalue weighted by Gasteiger charge is 2.36. The molecule has 0 N–H and O–H groups in total. The number of hydrogen-bond acceptors (Lipinski definition) is 4. The van der Waals surface area contributed by atoms with E-state index in [4.69, 9.17) is 9.47 Å². The fourth-order valence-electron chi connectivity index (χ4n) is 7.71. The molecule has 2 aromatic rings. The zero-order chi connectivity index (χ0) is 30.9. The van der Waals surface area contributed by atoms with E-state index >= 15 is 0 Å². The predicted molar refractivity (Wildman–Crippen MR) is 172 cm³/mol. The fourth-order valence-corrected chi connectivity index (χ4v) is 7.71. The minimum atomic E-state index is -0.432. The molecule has 4 nitrogen and oxygen atoms in total. The SMILES string of the molecule is COC(=O)c1c(CC(C)C)c2c(c(CC(C)C)c1C(=O)OC)Cc1c(c(CC(C)C)c3c(c1CC(C)C)CCCC3)C2. The minimum absolute atomic E-state index is 0.315. The van der Waals surface area contributed by atoms with Gasteiger partial charge in [0.2, 0.25) is 0 Å². The summed E-state index contributed by atoms with van der Waals surface area (Å²) in [6.07, 6.45) is 10.1. The van der Waals surface area contributed by atoms with Crippen molar-refractivity contribution in [2.45, 2.75) is 120 Å². The molecule has 0 aromatic heterocycles. The Morgan fingerprint density at radius 2 is 0.786 bits per heavy atom. The van der Waals surface area contributed by atoms with Crippen molar-refractivity contribution in [2.75, 3.05) is 14.2 Å². The third-order valence-corrected chi connectivity index (χ3v) is 9.17. The Morgan fingerprint density at radius 3 is 1.07 bits per heavy atom. The average molecular weight is 575 g/mol. The van der Waals surface area contributed by atoms with Crippen LogP contribution in [0.1, 0.15) is 145 Å². The molecule has 0 saturated carbocycles. The van der Waals surface area contributed by atoms with E-state index < -0.39 is 11.9 Å². The standard InChI is InChI=1S/C38H54O4/c1-21(2)15-27-25-13-11-12-14-26(25)28(16-22(3)4)30-20-32-31(19-29(27)30)33(17-23(5)6)35(37(39)41-9)36(38(40)42-10)34(32)18-24(7)8/h21-24H,11-20H2,1-10H3. The van der Waals surface area contributed by atoms with E-state index in [2.05, 4.69) is 55.4 Å². The lowest BCUT2D eigenvalue weighted by atomic mass is 9.68. The summed E-state index contributed by atoms with van der Waals surface area (Å²) in [5, 5.41) is 0. The van der Waals surface area contributed by atoms with Crippen molar-refractivity contribution in [1.29, 1.82) is 0 Å². The fraction of sp³-hybridized carbons (Fsp3) is 0.632. The summed E-state index contributed by atoms with van der Waals surface area (Å²) < 4.78 is 10.8. The molecule has 42 heavy (non-hydrogen) atoms. The van der Waals surface area contributed by atoms with Gasteiger partial charge in [0, 0.05) is 0 Å². The van der Waals surface area contributed by atoms with E-state index in [1.165, 1.54) is 62.2 Å². The third kappa shape index (κ3) is 6.33. The van der Waals surface area contributed by atoms with E-state index in [-0.39, 0.29) is 0 Å². The van der Waals surface area contributed by atoms with Crippen LogP contribution in [-0.4, -0.2) is 26.2 Å². The van der Waals surface area contributed by atoms with Crippen molar-refractivity contribution in [2.24, 2.45) is 23.7 Å². The van der Waals surface area contributed by atoms with Crippen LogP contribution in [0.4, 0.5) is 0 Å². The van der Waals surface area contributed by atoms with Crippen molar-refractivity contribution in [3.8, 4) is 0 Å². The lowest BCUT2D eigenvalue weighted by Crippen LogP contribution is -2.27. The number of methoxy groups -OCH3 is 2. The maximum Gasteiger partial charge on any atom is 0.339 e. The molecule has 2 aliphatic rings. The van der Waals surface area contributed by atoms with Gasteiger partial charge in [-0.2, -0.15) is 0 Å². The zero-order valence-electron chi connectivity index (χ0n) is 28.0. The number of rotatable bonds is 10. The quantitative estimate of drug-likeness (QED) is 0.228. The molecule has 0 saturated heterocycles. The Labute approximate surface area is 255 Å². The van der Waals surface area contributed by atoms with Crippen LogP contribution in [0.3, 0.4) is 0 Å². The van der Waals surface area contributed by atoms with Crippen molar-refractivity contribution >= 4 is 11.9 Å². The molecule has 0 fully saturated rings. The Balaban J connectivity index is 2.15. The van der Waals surface area contributed by atoms with Crippen LogP contribution >= 0.6 is 0 Å². The van der Waals surface area contributed by atoms with Crippen LogP contribution in [0.5, 0.6) is 0 Å². The Hall–Kier alpha value is -2.62. The minimum Gasteiger partial charge on any atom is -0.465 e. The predicted octanol–water partition coefficient (Wildman–Crippen LogP) is 8.43. The number of fused-ring (bicyclic) bond motifs is 3. The number of carbonyl (C=O) groups excluding carboxylic acids is 2. The van der Waals surface area contributed by atoms with Crippen LogP contribution in [0.2, 0.25) is 0 Å². The second kappa shape index (κ2) is 13.3. The van der Waals surface area contributed by atoms with Crippen molar-refractivity contribution < 1.29 is 19.1 Å². The van der Waals surface area contributed by atoms with Gasteiger partial charge in [0.05, 0.1) is 25.3 Å². The summed E-state index contributed by atoms with van der Waals surface area (Å²) >= 11 is 0. The molecular formula is C38H54O4. The summed E-state index contributed by atoms with van der Waals surface area (Å²) in [5.41, 5.74) is 14.8. The van der Waals surface area contributed by atoms with Gasteiger partial charge < -0.3 is 9.47 Å². The molecule has 0 radical (unpaired) electrons. The second-order valence-electron chi connectivity index (χ2n) is 14.5. The van der Waals surface area contributed by atoms with Crippen LogP contribution in [0, 0.1) is 23.7 Å². The lowest BCUT2D eigenvalue weighted by Gasteiger charge is -2.36. The summed E-state index contributed by atoms with van der Waals surface area (Å²) in [6.45, 7) is 18.1. The van der Waals surface area contributed by atoms with E-state index in [9.17, 15) is 9.59 Å². The van der Waals surface area contributed by atoms with Crippen molar-refractivity contribution in [3.05, 3.63) is 66.8 Å². The molecule has 2 aromatic carbocycles. The first-order chi connectivity index (χ1) is 19.9. The van der Waals surface area contributed by atoms with Gasteiger partial charge >= 0.3 is 11.9 Å². The van der Waals surface area contributed by atoms with Gasteiger partial charge in [0.1, 0.15) is 0 Å². The van der Waals surface area contributed by atoms with Gasteiger partial charge in [0.15, 0.2) is 0 Å².